The van der Waals surface area contributed by atoms with Crippen LogP contribution in [0.2, 0.25) is 0 Å². The van der Waals surface area contributed by atoms with Crippen molar-refractivity contribution in [2.24, 2.45) is 5.92 Å². The van der Waals surface area contributed by atoms with Gasteiger partial charge in [-0.3, -0.25) is 0 Å². The van der Waals surface area contributed by atoms with Crippen molar-refractivity contribution >= 4 is 0 Å². The lowest BCUT2D eigenvalue weighted by molar-refractivity contribution is -0.295. The number of aliphatic hydroxyl groups excluding tert-OH is 3. The fourth-order valence-corrected chi connectivity index (χ4v) is 1.86. The molecule has 0 bridgehead atoms. The minimum atomic E-state index is -1.03. The highest BCUT2D eigenvalue weighted by molar-refractivity contribution is 5.03. The zero-order chi connectivity index (χ0) is 8.93. The van der Waals surface area contributed by atoms with Crippen LogP contribution in [0.1, 0.15) is 6.92 Å². The molecule has 12 heavy (non-hydrogen) atoms. The van der Waals surface area contributed by atoms with Crippen molar-refractivity contribution in [3.63, 3.8) is 0 Å². The molecule has 2 unspecified atom stereocenters. The Hall–Kier alpha value is -0.200. The zero-order valence-corrected chi connectivity index (χ0v) is 6.67. The summed E-state index contributed by atoms with van der Waals surface area (Å²) >= 11 is 0. The molecule has 5 atom stereocenters. The molecule has 0 amide bonds. The molecule has 0 spiro atoms. The van der Waals surface area contributed by atoms with Crippen molar-refractivity contribution in [2.45, 2.75) is 31.2 Å². The summed E-state index contributed by atoms with van der Waals surface area (Å²) < 4.78 is 9.92. The summed E-state index contributed by atoms with van der Waals surface area (Å²) in [6.45, 7) is 1.41. The van der Waals surface area contributed by atoms with Crippen LogP contribution >= 0.6 is 0 Å². The van der Waals surface area contributed by atoms with E-state index < -0.39 is 24.3 Å². The van der Waals surface area contributed by atoms with Gasteiger partial charge in [-0.15, -0.1) is 0 Å². The average molecular weight is 176 g/mol. The molecule has 2 aliphatic rings. The van der Waals surface area contributed by atoms with Crippen LogP contribution < -0.4 is 0 Å². The van der Waals surface area contributed by atoms with Crippen LogP contribution in [0.15, 0.2) is 0 Å². The fourth-order valence-electron chi connectivity index (χ4n) is 1.86. The summed E-state index contributed by atoms with van der Waals surface area (Å²) in [6.07, 6.45) is -2.45. The van der Waals surface area contributed by atoms with Crippen LogP contribution in [0.25, 0.3) is 0 Å². The fraction of sp³-hybridized carbons (Fsp3) is 1.00. The second kappa shape index (κ2) is 2.40. The highest BCUT2D eigenvalue weighted by Gasteiger charge is 2.62. The number of hydrogen-bond donors (Lipinski definition) is 3. The molecule has 3 N–H and O–H groups in total. The van der Waals surface area contributed by atoms with Gasteiger partial charge in [0.25, 0.3) is 0 Å². The Kier molecular flexibility index (Phi) is 1.68. The lowest BCUT2D eigenvalue weighted by Crippen LogP contribution is -2.56. The molecule has 5 nitrogen and oxygen atoms in total. The predicted octanol–water partition coefficient (Wildman–Crippen LogP) is -1.58. The van der Waals surface area contributed by atoms with Gasteiger partial charge in [0.15, 0.2) is 12.6 Å². The van der Waals surface area contributed by atoms with E-state index in [1.165, 1.54) is 0 Å². The van der Waals surface area contributed by atoms with Crippen molar-refractivity contribution in [1.82, 2.24) is 0 Å². The molecule has 2 aliphatic heterocycles. The number of aliphatic hydroxyl groups is 3. The molecule has 0 radical (unpaired) electrons. The van der Waals surface area contributed by atoms with Gasteiger partial charge in [0.2, 0.25) is 0 Å². The van der Waals surface area contributed by atoms with E-state index in [4.69, 9.17) is 14.6 Å². The number of rotatable bonds is 1. The first-order valence-electron chi connectivity index (χ1n) is 3.89. The van der Waals surface area contributed by atoms with Gasteiger partial charge in [0.05, 0.1) is 12.5 Å². The normalized spacial score (nSPS) is 58.0. The summed E-state index contributed by atoms with van der Waals surface area (Å²) in [4.78, 5) is 0. The Labute approximate surface area is 69.5 Å². The molecule has 5 heteroatoms. The Bertz CT molecular complexity index is 196. The predicted molar refractivity (Wildman–Crippen MR) is 37.0 cm³/mol. The van der Waals surface area contributed by atoms with E-state index in [0.717, 1.165) is 0 Å². The van der Waals surface area contributed by atoms with Crippen LogP contribution in [-0.4, -0.2) is 46.2 Å². The average Bonchev–Trinajstić information content (AvgIpc) is 2.18. The highest BCUT2D eigenvalue weighted by atomic mass is 16.7. The van der Waals surface area contributed by atoms with Crippen molar-refractivity contribution in [3.05, 3.63) is 0 Å². The third kappa shape index (κ3) is 0.855. The molecule has 0 saturated carbocycles. The maximum atomic E-state index is 9.23. The van der Waals surface area contributed by atoms with E-state index in [1.54, 1.807) is 6.92 Å². The molecule has 0 aliphatic carbocycles. The van der Waals surface area contributed by atoms with Crippen LogP contribution in [0, 0.1) is 5.92 Å². The standard InChI is InChI=1S/C7H12O5/c1-7(2-8)3-4(6(10)12-7)11-5(3)9/h3-6,8-10H,2H2,1H3/t3?,4-,5?,6+,7+/m0/s1. The molecule has 2 rings (SSSR count). The molecule has 70 valence electrons. The first kappa shape index (κ1) is 8.40. The van der Waals surface area contributed by atoms with E-state index in [0.29, 0.717) is 0 Å². The van der Waals surface area contributed by atoms with Crippen LogP contribution in [0.4, 0.5) is 0 Å². The highest BCUT2D eigenvalue weighted by Crippen LogP contribution is 2.46. The number of fused-ring (bicyclic) bond motifs is 1. The topological polar surface area (TPSA) is 79.2 Å². The zero-order valence-electron chi connectivity index (χ0n) is 6.67. The summed E-state index contributed by atoms with van der Waals surface area (Å²) in [5, 5.41) is 27.4. The molecule has 0 aromatic carbocycles. The minimum Gasteiger partial charge on any atom is -0.393 e. The van der Waals surface area contributed by atoms with Gasteiger partial charge in [-0.1, -0.05) is 0 Å². The molecule has 0 aromatic rings. The van der Waals surface area contributed by atoms with Gasteiger partial charge in [-0.2, -0.15) is 0 Å². The maximum absolute atomic E-state index is 9.23. The third-order valence-corrected chi connectivity index (χ3v) is 2.65. The first-order valence-corrected chi connectivity index (χ1v) is 3.89. The van der Waals surface area contributed by atoms with E-state index in [9.17, 15) is 10.2 Å². The van der Waals surface area contributed by atoms with Crippen molar-refractivity contribution in [1.29, 1.82) is 0 Å². The summed E-state index contributed by atoms with van der Waals surface area (Å²) in [5.74, 6) is -0.322. The smallest absolute Gasteiger partial charge is 0.182 e. The lowest BCUT2D eigenvalue weighted by Gasteiger charge is -2.41. The molecule has 2 fully saturated rings. The Morgan fingerprint density at radius 3 is 2.42 bits per heavy atom. The summed E-state index contributed by atoms with van der Waals surface area (Å²) in [7, 11) is 0. The molecular formula is C7H12O5. The molecule has 0 aromatic heterocycles. The van der Waals surface area contributed by atoms with E-state index in [2.05, 4.69) is 0 Å². The number of hydrogen-bond acceptors (Lipinski definition) is 5. The third-order valence-electron chi connectivity index (χ3n) is 2.65. The maximum Gasteiger partial charge on any atom is 0.182 e. The Morgan fingerprint density at radius 1 is 1.33 bits per heavy atom. The van der Waals surface area contributed by atoms with Gasteiger partial charge in [-0.25, -0.2) is 0 Å². The van der Waals surface area contributed by atoms with Gasteiger partial charge < -0.3 is 24.8 Å². The van der Waals surface area contributed by atoms with Gasteiger partial charge in [0, 0.05) is 0 Å². The second-order valence-corrected chi connectivity index (χ2v) is 3.50. The van der Waals surface area contributed by atoms with E-state index in [-0.39, 0.29) is 12.5 Å². The molecule has 2 saturated heterocycles. The Morgan fingerprint density at radius 2 is 2.00 bits per heavy atom. The van der Waals surface area contributed by atoms with Crippen LogP contribution in [0.5, 0.6) is 0 Å². The first-order chi connectivity index (χ1) is 5.58. The lowest BCUT2D eigenvalue weighted by atomic mass is 9.83. The van der Waals surface area contributed by atoms with Gasteiger partial charge >= 0.3 is 0 Å². The molecular weight excluding hydrogens is 164 g/mol. The summed E-state index contributed by atoms with van der Waals surface area (Å²) in [6, 6.07) is 0. The van der Waals surface area contributed by atoms with E-state index >= 15 is 0 Å². The van der Waals surface area contributed by atoms with Gasteiger partial charge in [-0.05, 0) is 6.92 Å². The van der Waals surface area contributed by atoms with E-state index in [1.807, 2.05) is 0 Å². The summed E-state index contributed by atoms with van der Waals surface area (Å²) in [5.41, 5.74) is -0.873. The number of ether oxygens (including phenoxy) is 2. The van der Waals surface area contributed by atoms with Crippen LogP contribution in [0.3, 0.4) is 0 Å². The minimum absolute atomic E-state index is 0.231. The second-order valence-electron chi connectivity index (χ2n) is 3.50. The van der Waals surface area contributed by atoms with Crippen molar-refractivity contribution in [3.8, 4) is 0 Å². The monoisotopic (exact) mass is 176 g/mol. The van der Waals surface area contributed by atoms with Crippen molar-refractivity contribution in [2.75, 3.05) is 6.61 Å². The van der Waals surface area contributed by atoms with Crippen LogP contribution in [-0.2, 0) is 9.47 Å². The quantitative estimate of drug-likeness (QED) is 0.449. The van der Waals surface area contributed by atoms with Gasteiger partial charge in [0.1, 0.15) is 11.7 Å². The Balaban J connectivity index is 2.18. The molecule has 2 heterocycles. The largest absolute Gasteiger partial charge is 0.393 e. The van der Waals surface area contributed by atoms with Crippen molar-refractivity contribution < 1.29 is 24.8 Å². The SMILES string of the molecule is C[C@]1(CO)O[C@@H](O)[C@H]2OC(O)C21.